The van der Waals surface area contributed by atoms with E-state index in [0.29, 0.717) is 23.0 Å². The fourth-order valence-corrected chi connectivity index (χ4v) is 2.55. The third kappa shape index (κ3) is 2.14. The van der Waals surface area contributed by atoms with Gasteiger partial charge in [-0.1, -0.05) is 41.9 Å². The molecule has 2 aromatic heterocycles. The van der Waals surface area contributed by atoms with Crippen molar-refractivity contribution in [2.75, 3.05) is 5.32 Å². The summed E-state index contributed by atoms with van der Waals surface area (Å²) in [7, 11) is 0. The number of tetrazole rings is 1. The van der Waals surface area contributed by atoms with E-state index in [0.717, 1.165) is 16.6 Å². The van der Waals surface area contributed by atoms with Crippen LogP contribution in [0.4, 0.5) is 5.82 Å². The Morgan fingerprint density at radius 1 is 1.05 bits per heavy atom. The van der Waals surface area contributed by atoms with Gasteiger partial charge >= 0.3 is 0 Å². The van der Waals surface area contributed by atoms with Crippen LogP contribution in [-0.4, -0.2) is 25.0 Å². The number of benzene rings is 2. The van der Waals surface area contributed by atoms with E-state index in [1.807, 2.05) is 48.5 Å². The van der Waals surface area contributed by atoms with E-state index in [4.69, 9.17) is 11.6 Å². The predicted octanol–water partition coefficient (Wildman–Crippen LogP) is 2.94. The van der Waals surface area contributed by atoms with E-state index in [-0.39, 0.29) is 0 Å². The minimum absolute atomic E-state index is 0.549. The first-order chi connectivity index (χ1) is 10.8. The van der Waals surface area contributed by atoms with Crippen LogP contribution in [0.2, 0.25) is 5.02 Å². The van der Waals surface area contributed by atoms with Crippen LogP contribution in [0.15, 0.2) is 48.5 Å². The molecule has 0 atom stereocenters. The molecule has 0 spiro atoms. The Labute approximate surface area is 130 Å². The van der Waals surface area contributed by atoms with Gasteiger partial charge in [-0.05, 0) is 34.2 Å². The normalized spacial score (nSPS) is 11.1. The summed E-state index contributed by atoms with van der Waals surface area (Å²) in [4.78, 5) is 4.60. The van der Waals surface area contributed by atoms with E-state index in [1.165, 1.54) is 0 Å². The lowest BCUT2D eigenvalue weighted by atomic mass is 10.2. The Bertz CT molecular complexity index is 964. The van der Waals surface area contributed by atoms with Crippen molar-refractivity contribution in [3.8, 4) is 0 Å². The summed E-state index contributed by atoms with van der Waals surface area (Å²) < 4.78 is 1.68. The van der Waals surface area contributed by atoms with Crippen LogP contribution in [0, 0.1) is 0 Å². The molecule has 6 nitrogen and oxygen atoms in total. The zero-order chi connectivity index (χ0) is 14.9. The molecule has 108 valence electrons. The van der Waals surface area contributed by atoms with Crippen LogP contribution in [-0.2, 0) is 6.54 Å². The first-order valence-electron chi connectivity index (χ1n) is 6.77. The molecular weight excluding hydrogens is 300 g/mol. The fraction of sp³-hybridized carbons (Fsp3) is 0.0667. The number of anilines is 1. The summed E-state index contributed by atoms with van der Waals surface area (Å²) in [6.07, 6.45) is 0. The average molecular weight is 311 g/mol. The van der Waals surface area contributed by atoms with Gasteiger partial charge in [-0.15, -0.1) is 5.10 Å². The van der Waals surface area contributed by atoms with Gasteiger partial charge in [-0.25, -0.2) is 4.98 Å². The molecule has 0 saturated heterocycles. The van der Waals surface area contributed by atoms with E-state index in [2.05, 4.69) is 25.8 Å². The highest BCUT2D eigenvalue weighted by Crippen LogP contribution is 2.21. The Morgan fingerprint density at radius 2 is 1.86 bits per heavy atom. The van der Waals surface area contributed by atoms with Gasteiger partial charge in [0.25, 0.3) is 0 Å². The largest absolute Gasteiger partial charge is 0.363 e. The molecule has 4 rings (SSSR count). The van der Waals surface area contributed by atoms with Crippen LogP contribution in [0.3, 0.4) is 0 Å². The highest BCUT2D eigenvalue weighted by atomic mass is 35.5. The molecule has 0 aliphatic carbocycles. The van der Waals surface area contributed by atoms with Crippen LogP contribution < -0.4 is 5.32 Å². The molecule has 0 bridgehead atoms. The lowest BCUT2D eigenvalue weighted by Crippen LogP contribution is -2.05. The Morgan fingerprint density at radius 3 is 2.77 bits per heavy atom. The topological polar surface area (TPSA) is 68.0 Å². The molecule has 4 aromatic rings. The van der Waals surface area contributed by atoms with Gasteiger partial charge < -0.3 is 5.32 Å². The summed E-state index contributed by atoms with van der Waals surface area (Å²) >= 11 is 6.18. The molecule has 0 fully saturated rings. The van der Waals surface area contributed by atoms with Crippen LogP contribution in [0.1, 0.15) is 5.56 Å². The van der Waals surface area contributed by atoms with Crippen molar-refractivity contribution in [1.82, 2.24) is 25.0 Å². The van der Waals surface area contributed by atoms with Gasteiger partial charge in [0, 0.05) is 11.6 Å². The van der Waals surface area contributed by atoms with Crippen molar-refractivity contribution in [3.63, 3.8) is 0 Å². The molecule has 7 heteroatoms. The molecule has 0 radical (unpaired) electrons. The van der Waals surface area contributed by atoms with Gasteiger partial charge in [-0.2, -0.15) is 4.52 Å². The third-order valence-electron chi connectivity index (χ3n) is 3.43. The Kier molecular flexibility index (Phi) is 3.08. The van der Waals surface area contributed by atoms with Gasteiger partial charge in [-0.3, -0.25) is 0 Å². The summed E-state index contributed by atoms with van der Waals surface area (Å²) in [6, 6.07) is 15.4. The standard InChI is InChI=1S/C15H11ClN6/c16-11-6-2-1-5-10(11)9-17-14-15-19-20-21-22(15)13-8-4-3-7-12(13)18-14/h1-8H,9H2,(H,17,18). The predicted molar refractivity (Wildman–Crippen MR) is 84.9 cm³/mol. The zero-order valence-corrected chi connectivity index (χ0v) is 12.2. The number of nitrogens with one attached hydrogen (secondary N) is 1. The van der Waals surface area contributed by atoms with Crippen LogP contribution >= 0.6 is 11.6 Å². The summed E-state index contributed by atoms with van der Waals surface area (Å²) in [5, 5.41) is 15.8. The minimum Gasteiger partial charge on any atom is -0.363 e. The number of hydrogen-bond donors (Lipinski definition) is 1. The van der Waals surface area contributed by atoms with Crippen molar-refractivity contribution in [2.24, 2.45) is 0 Å². The minimum atomic E-state index is 0.549. The summed E-state index contributed by atoms with van der Waals surface area (Å²) in [6.45, 7) is 0.549. The molecule has 22 heavy (non-hydrogen) atoms. The number of hydrogen-bond acceptors (Lipinski definition) is 5. The van der Waals surface area contributed by atoms with E-state index < -0.39 is 0 Å². The van der Waals surface area contributed by atoms with Gasteiger partial charge in [0.05, 0.1) is 11.0 Å². The molecular formula is C15H11ClN6. The van der Waals surface area contributed by atoms with E-state index in [1.54, 1.807) is 4.52 Å². The molecule has 0 saturated carbocycles. The highest BCUT2D eigenvalue weighted by molar-refractivity contribution is 6.31. The van der Waals surface area contributed by atoms with Crippen molar-refractivity contribution in [1.29, 1.82) is 0 Å². The lowest BCUT2D eigenvalue weighted by Gasteiger charge is -2.09. The second-order valence-electron chi connectivity index (χ2n) is 4.81. The first-order valence-corrected chi connectivity index (χ1v) is 7.15. The highest BCUT2D eigenvalue weighted by Gasteiger charge is 2.11. The quantitative estimate of drug-likeness (QED) is 0.630. The van der Waals surface area contributed by atoms with E-state index >= 15 is 0 Å². The third-order valence-corrected chi connectivity index (χ3v) is 3.80. The monoisotopic (exact) mass is 310 g/mol. The number of para-hydroxylation sites is 2. The Hall–Kier alpha value is -2.73. The molecule has 0 unspecified atom stereocenters. The van der Waals surface area contributed by atoms with Gasteiger partial charge in [0.2, 0.25) is 5.65 Å². The van der Waals surface area contributed by atoms with Crippen molar-refractivity contribution < 1.29 is 0 Å². The maximum atomic E-state index is 6.18. The molecule has 0 amide bonds. The SMILES string of the molecule is Clc1ccccc1CNc1nc2ccccc2n2nnnc12. The average Bonchev–Trinajstić information content (AvgIpc) is 3.04. The number of halogens is 1. The molecule has 2 heterocycles. The fourth-order valence-electron chi connectivity index (χ4n) is 2.34. The second-order valence-corrected chi connectivity index (χ2v) is 5.22. The molecule has 0 aliphatic heterocycles. The van der Waals surface area contributed by atoms with Crippen molar-refractivity contribution in [2.45, 2.75) is 6.54 Å². The van der Waals surface area contributed by atoms with Gasteiger partial charge in [0.1, 0.15) is 0 Å². The second kappa shape index (κ2) is 5.23. The first kappa shape index (κ1) is 13.0. The van der Waals surface area contributed by atoms with Crippen molar-refractivity contribution in [3.05, 3.63) is 59.1 Å². The number of rotatable bonds is 3. The van der Waals surface area contributed by atoms with E-state index in [9.17, 15) is 0 Å². The summed E-state index contributed by atoms with van der Waals surface area (Å²) in [5.41, 5.74) is 3.27. The van der Waals surface area contributed by atoms with Gasteiger partial charge in [0.15, 0.2) is 5.82 Å². The number of fused-ring (bicyclic) bond motifs is 3. The maximum Gasteiger partial charge on any atom is 0.222 e. The molecule has 0 aliphatic rings. The van der Waals surface area contributed by atoms with Crippen LogP contribution in [0.25, 0.3) is 16.7 Å². The smallest absolute Gasteiger partial charge is 0.222 e. The Balaban J connectivity index is 1.77. The van der Waals surface area contributed by atoms with Crippen molar-refractivity contribution >= 4 is 34.1 Å². The maximum absolute atomic E-state index is 6.18. The summed E-state index contributed by atoms with van der Waals surface area (Å²) in [5.74, 6) is 0.628. The number of nitrogens with zero attached hydrogens (tertiary/aromatic N) is 5. The number of aromatic nitrogens is 5. The molecule has 2 aromatic carbocycles. The lowest BCUT2D eigenvalue weighted by molar-refractivity contribution is 0.840. The molecule has 1 N–H and O–H groups in total. The zero-order valence-electron chi connectivity index (χ0n) is 11.4. The van der Waals surface area contributed by atoms with Crippen LogP contribution in [0.5, 0.6) is 0 Å².